The second kappa shape index (κ2) is 8.87. The van der Waals surface area contributed by atoms with E-state index in [1.807, 2.05) is 73.7 Å². The second-order valence-corrected chi connectivity index (χ2v) is 8.07. The molecule has 0 spiro atoms. The Labute approximate surface area is 197 Å². The van der Waals surface area contributed by atoms with E-state index in [2.05, 4.69) is 0 Å². The summed E-state index contributed by atoms with van der Waals surface area (Å²) in [6, 6.07) is 28.9. The van der Waals surface area contributed by atoms with E-state index in [9.17, 15) is 14.7 Å². The SMILES string of the molecule is CCOc1cccc(N2C(=O)C(=O)/C(=C(\O)c3ccc4ccccc4c3)C2c2ccccc2)c1. The summed E-state index contributed by atoms with van der Waals surface area (Å²) in [6.45, 7) is 2.36. The number of benzene rings is 4. The van der Waals surface area contributed by atoms with Crippen molar-refractivity contribution in [3.63, 3.8) is 0 Å². The molecule has 5 heteroatoms. The number of hydrogen-bond acceptors (Lipinski definition) is 4. The Morgan fingerprint density at radius 1 is 0.853 bits per heavy atom. The van der Waals surface area contributed by atoms with Gasteiger partial charge in [-0.15, -0.1) is 0 Å². The summed E-state index contributed by atoms with van der Waals surface area (Å²) >= 11 is 0. The fraction of sp³-hybridized carbons (Fsp3) is 0.103. The molecule has 0 aliphatic carbocycles. The first kappa shape index (κ1) is 21.5. The maximum absolute atomic E-state index is 13.3. The number of carbonyl (C=O) groups excluding carboxylic acids is 2. The van der Waals surface area contributed by atoms with Gasteiger partial charge in [-0.2, -0.15) is 0 Å². The minimum atomic E-state index is -0.774. The lowest BCUT2D eigenvalue weighted by molar-refractivity contribution is -0.132. The van der Waals surface area contributed by atoms with Gasteiger partial charge in [-0.1, -0.05) is 72.8 Å². The molecule has 1 atom stereocenters. The zero-order valence-electron chi connectivity index (χ0n) is 18.6. The van der Waals surface area contributed by atoms with Crippen LogP contribution < -0.4 is 9.64 Å². The zero-order chi connectivity index (χ0) is 23.7. The predicted octanol–water partition coefficient (Wildman–Crippen LogP) is 5.86. The monoisotopic (exact) mass is 449 g/mol. The largest absolute Gasteiger partial charge is 0.507 e. The van der Waals surface area contributed by atoms with Crippen LogP contribution in [0, 0.1) is 0 Å². The summed E-state index contributed by atoms with van der Waals surface area (Å²) < 4.78 is 5.61. The number of ketones is 1. The van der Waals surface area contributed by atoms with Gasteiger partial charge in [0.1, 0.15) is 11.5 Å². The molecule has 5 nitrogen and oxygen atoms in total. The number of aliphatic hydroxyl groups excluding tert-OH is 1. The zero-order valence-corrected chi connectivity index (χ0v) is 18.6. The first-order chi connectivity index (χ1) is 16.6. The van der Waals surface area contributed by atoms with Gasteiger partial charge in [0.25, 0.3) is 11.7 Å². The summed E-state index contributed by atoms with van der Waals surface area (Å²) in [5, 5.41) is 13.3. The first-order valence-electron chi connectivity index (χ1n) is 11.2. The molecule has 1 fully saturated rings. The number of amides is 1. The van der Waals surface area contributed by atoms with Crippen molar-refractivity contribution in [2.45, 2.75) is 13.0 Å². The Kier molecular flexibility index (Phi) is 5.60. The van der Waals surface area contributed by atoms with E-state index < -0.39 is 17.7 Å². The van der Waals surface area contributed by atoms with Crippen LogP contribution in [0.2, 0.25) is 0 Å². The van der Waals surface area contributed by atoms with Gasteiger partial charge in [0.05, 0.1) is 18.2 Å². The Balaban J connectivity index is 1.70. The topological polar surface area (TPSA) is 66.8 Å². The smallest absolute Gasteiger partial charge is 0.300 e. The van der Waals surface area contributed by atoms with Crippen LogP contribution in [0.3, 0.4) is 0 Å². The first-order valence-corrected chi connectivity index (χ1v) is 11.2. The molecule has 1 amide bonds. The molecule has 0 aromatic heterocycles. The van der Waals surface area contributed by atoms with E-state index in [1.165, 1.54) is 4.90 Å². The van der Waals surface area contributed by atoms with Crippen LogP contribution >= 0.6 is 0 Å². The minimum absolute atomic E-state index is 0.0632. The van der Waals surface area contributed by atoms with E-state index in [0.717, 1.165) is 16.3 Å². The van der Waals surface area contributed by atoms with Crippen molar-refractivity contribution in [2.24, 2.45) is 0 Å². The predicted molar refractivity (Wildman–Crippen MR) is 133 cm³/mol. The van der Waals surface area contributed by atoms with Crippen molar-refractivity contribution in [1.82, 2.24) is 0 Å². The quantitative estimate of drug-likeness (QED) is 0.235. The van der Waals surface area contributed by atoms with Crippen molar-refractivity contribution in [1.29, 1.82) is 0 Å². The van der Waals surface area contributed by atoms with Gasteiger partial charge in [0.15, 0.2) is 0 Å². The van der Waals surface area contributed by atoms with Gasteiger partial charge >= 0.3 is 0 Å². The number of rotatable bonds is 5. The molecule has 1 aliphatic heterocycles. The van der Waals surface area contributed by atoms with Gasteiger partial charge in [-0.25, -0.2) is 0 Å². The highest BCUT2D eigenvalue weighted by atomic mass is 16.5. The van der Waals surface area contributed by atoms with E-state index in [0.29, 0.717) is 23.6 Å². The fourth-order valence-corrected chi connectivity index (χ4v) is 4.43. The van der Waals surface area contributed by atoms with Crippen LogP contribution in [0.25, 0.3) is 16.5 Å². The number of nitrogens with zero attached hydrogens (tertiary/aromatic N) is 1. The van der Waals surface area contributed by atoms with Crippen LogP contribution in [0.1, 0.15) is 24.1 Å². The maximum atomic E-state index is 13.3. The van der Waals surface area contributed by atoms with Crippen LogP contribution in [0.15, 0.2) is 103 Å². The Bertz CT molecular complexity index is 1420. The van der Waals surface area contributed by atoms with Crippen molar-refractivity contribution >= 4 is 33.9 Å². The number of anilines is 1. The van der Waals surface area contributed by atoms with E-state index >= 15 is 0 Å². The molecule has 5 rings (SSSR count). The van der Waals surface area contributed by atoms with E-state index in [4.69, 9.17) is 4.74 Å². The van der Waals surface area contributed by atoms with Crippen LogP contribution in [0.4, 0.5) is 5.69 Å². The van der Waals surface area contributed by atoms with Gasteiger partial charge in [0, 0.05) is 17.3 Å². The number of Topliss-reactive ketones (excluding diaryl/α,β-unsaturated/α-hetero) is 1. The summed E-state index contributed by atoms with van der Waals surface area (Å²) in [6.07, 6.45) is 0. The molecule has 168 valence electrons. The lowest BCUT2D eigenvalue weighted by Gasteiger charge is -2.25. The Morgan fingerprint density at radius 2 is 1.59 bits per heavy atom. The summed E-state index contributed by atoms with van der Waals surface area (Å²) in [5.74, 6) is -1.00. The molecule has 4 aromatic carbocycles. The third-order valence-corrected chi connectivity index (χ3v) is 5.99. The van der Waals surface area contributed by atoms with Gasteiger partial charge in [0.2, 0.25) is 0 Å². The van der Waals surface area contributed by atoms with Crippen LogP contribution in [-0.2, 0) is 9.59 Å². The molecular weight excluding hydrogens is 426 g/mol. The highest BCUT2D eigenvalue weighted by Gasteiger charge is 2.47. The third kappa shape index (κ3) is 3.71. The number of aliphatic hydroxyl groups is 1. The molecule has 4 aromatic rings. The minimum Gasteiger partial charge on any atom is -0.507 e. The number of fused-ring (bicyclic) bond motifs is 1. The molecule has 1 unspecified atom stereocenters. The van der Waals surface area contributed by atoms with Crippen molar-refractivity contribution < 1.29 is 19.4 Å². The Morgan fingerprint density at radius 3 is 2.35 bits per heavy atom. The molecule has 0 bridgehead atoms. The van der Waals surface area contributed by atoms with Gasteiger partial charge in [-0.05, 0) is 41.5 Å². The number of ether oxygens (including phenoxy) is 1. The highest BCUT2D eigenvalue weighted by molar-refractivity contribution is 6.51. The van der Waals surface area contributed by atoms with Crippen molar-refractivity contribution in [2.75, 3.05) is 11.5 Å². The average Bonchev–Trinajstić information content (AvgIpc) is 3.14. The number of hydrogen-bond donors (Lipinski definition) is 1. The molecule has 1 heterocycles. The standard InChI is InChI=1S/C29H23NO4/c1-2-34-24-14-8-13-23(18-24)30-26(20-10-4-3-5-11-20)25(28(32)29(30)33)27(31)22-16-15-19-9-6-7-12-21(19)17-22/h3-18,26,31H,2H2,1H3/b27-25-. The number of carbonyl (C=O) groups is 2. The molecule has 1 aliphatic rings. The molecule has 1 N–H and O–H groups in total. The summed E-state index contributed by atoms with van der Waals surface area (Å²) in [5.41, 5.74) is 1.80. The molecule has 0 saturated carbocycles. The molecule has 0 radical (unpaired) electrons. The molecular formula is C29H23NO4. The van der Waals surface area contributed by atoms with Gasteiger partial charge in [-0.3, -0.25) is 14.5 Å². The fourth-order valence-electron chi connectivity index (χ4n) is 4.43. The highest BCUT2D eigenvalue weighted by Crippen LogP contribution is 2.42. The summed E-state index contributed by atoms with van der Waals surface area (Å²) in [4.78, 5) is 28.1. The van der Waals surface area contributed by atoms with Gasteiger partial charge < -0.3 is 9.84 Å². The lowest BCUT2D eigenvalue weighted by atomic mass is 9.94. The second-order valence-electron chi connectivity index (χ2n) is 8.07. The van der Waals surface area contributed by atoms with Crippen molar-refractivity contribution in [3.8, 4) is 5.75 Å². The normalized spacial score (nSPS) is 17.3. The van der Waals surface area contributed by atoms with Crippen LogP contribution in [0.5, 0.6) is 5.75 Å². The maximum Gasteiger partial charge on any atom is 0.300 e. The molecule has 34 heavy (non-hydrogen) atoms. The average molecular weight is 450 g/mol. The van der Waals surface area contributed by atoms with E-state index in [-0.39, 0.29) is 11.3 Å². The van der Waals surface area contributed by atoms with Crippen LogP contribution in [-0.4, -0.2) is 23.4 Å². The van der Waals surface area contributed by atoms with Crippen molar-refractivity contribution in [3.05, 3.63) is 114 Å². The molecule has 1 saturated heterocycles. The lowest BCUT2D eigenvalue weighted by Crippen LogP contribution is -2.29. The van der Waals surface area contributed by atoms with E-state index in [1.54, 1.807) is 30.3 Å². The third-order valence-electron chi connectivity index (χ3n) is 5.99. The Hall–Kier alpha value is -4.38. The summed E-state index contributed by atoms with van der Waals surface area (Å²) in [7, 11) is 0.